The predicted molar refractivity (Wildman–Crippen MR) is 228 cm³/mol. The minimum atomic E-state index is -3.16. The SMILES string of the molecule is CCCCCCCCCCC(I)C(F)(F)C(SOSC(c1ccc(OC)cc1)C(F)(F)C(I)CCCCCCCCCC)c1ccc(OC)cc1. The van der Waals surface area contributed by atoms with Crippen molar-refractivity contribution in [3.63, 3.8) is 0 Å². The fraction of sp³-hybridized carbons (Fsp3) is 0.700. The van der Waals surface area contributed by atoms with E-state index in [1.165, 1.54) is 65.6 Å². The van der Waals surface area contributed by atoms with Crippen LogP contribution in [0.15, 0.2) is 48.5 Å². The zero-order valence-corrected chi connectivity index (χ0v) is 36.9. The maximum absolute atomic E-state index is 16.3. The first-order valence-corrected chi connectivity index (χ1v) is 22.9. The van der Waals surface area contributed by atoms with Gasteiger partial charge in [0.2, 0.25) is 0 Å². The Labute approximate surface area is 342 Å². The first-order chi connectivity index (χ1) is 24.5. The van der Waals surface area contributed by atoms with Gasteiger partial charge in [-0.1, -0.05) is 186 Å². The normalized spacial score (nSPS) is 14.6. The van der Waals surface area contributed by atoms with Gasteiger partial charge in [0.05, 0.1) is 22.1 Å². The fourth-order valence-corrected chi connectivity index (χ4v) is 9.99. The highest BCUT2D eigenvalue weighted by molar-refractivity contribution is 14.1. The summed E-state index contributed by atoms with van der Waals surface area (Å²) in [6, 6.07) is 13.0. The largest absolute Gasteiger partial charge is 0.497 e. The highest BCUT2D eigenvalue weighted by Crippen LogP contribution is 2.54. The standard InChI is InChI=1S/C40H60F4I2O3S2/c1-5-7-9-11-13-15-17-19-21-35(45)39(41,42)37(31-23-27-33(47-3)28-24-31)50-49-51-38(32-25-29-34(48-4)30-26-32)40(43,44)36(46)22-20-18-16-14-12-10-8-6-2/h23-30,35-38H,5-22H2,1-4H3. The molecule has 11 heteroatoms. The Bertz CT molecular complexity index is 1070. The van der Waals surface area contributed by atoms with E-state index < -0.39 is 30.2 Å². The van der Waals surface area contributed by atoms with Gasteiger partial charge in [-0.05, 0) is 48.2 Å². The average molecular weight is 983 g/mol. The third-order valence-electron chi connectivity index (χ3n) is 9.26. The molecule has 292 valence electrons. The van der Waals surface area contributed by atoms with Crippen LogP contribution in [0, 0.1) is 0 Å². The van der Waals surface area contributed by atoms with Crippen molar-refractivity contribution in [2.75, 3.05) is 14.2 Å². The number of hydrogen-bond acceptors (Lipinski definition) is 5. The van der Waals surface area contributed by atoms with E-state index in [9.17, 15) is 0 Å². The van der Waals surface area contributed by atoms with E-state index in [4.69, 9.17) is 13.1 Å². The van der Waals surface area contributed by atoms with Gasteiger partial charge in [0.15, 0.2) is 0 Å². The van der Waals surface area contributed by atoms with Crippen LogP contribution in [0.1, 0.15) is 151 Å². The summed E-state index contributed by atoms with van der Waals surface area (Å²) in [6.07, 6.45) is 18.1. The van der Waals surface area contributed by atoms with E-state index in [1.54, 1.807) is 48.5 Å². The molecule has 0 heterocycles. The molecule has 2 aromatic rings. The molecule has 2 rings (SSSR count). The van der Waals surface area contributed by atoms with E-state index in [0.717, 1.165) is 38.5 Å². The summed E-state index contributed by atoms with van der Waals surface area (Å²) in [5.74, 6) is -5.23. The zero-order valence-electron chi connectivity index (χ0n) is 31.0. The first kappa shape index (κ1) is 47.0. The molecule has 4 atom stereocenters. The second-order valence-electron chi connectivity index (χ2n) is 13.4. The van der Waals surface area contributed by atoms with Gasteiger partial charge in [-0.2, -0.15) is 0 Å². The molecule has 3 nitrogen and oxygen atoms in total. The molecule has 4 unspecified atom stereocenters. The minimum absolute atomic E-state index is 0.359. The van der Waals surface area contributed by atoms with Crippen molar-refractivity contribution in [2.24, 2.45) is 0 Å². The third kappa shape index (κ3) is 17.1. The van der Waals surface area contributed by atoms with Crippen molar-refractivity contribution < 1.29 is 30.7 Å². The van der Waals surface area contributed by atoms with Crippen molar-refractivity contribution in [2.45, 2.75) is 160 Å². The molecular weight excluding hydrogens is 922 g/mol. The quantitative estimate of drug-likeness (QED) is 0.0256. The monoisotopic (exact) mass is 982 g/mol. The molecule has 0 N–H and O–H groups in total. The lowest BCUT2D eigenvalue weighted by Crippen LogP contribution is -2.35. The lowest BCUT2D eigenvalue weighted by atomic mass is 10.00. The zero-order chi connectivity index (χ0) is 37.5. The maximum Gasteiger partial charge on any atom is 0.277 e. The number of unbranched alkanes of at least 4 members (excludes halogenated alkanes) is 14. The topological polar surface area (TPSA) is 27.7 Å². The molecule has 0 saturated heterocycles. The molecule has 51 heavy (non-hydrogen) atoms. The summed E-state index contributed by atoms with van der Waals surface area (Å²) < 4.78 is 79.8. The molecule has 0 bridgehead atoms. The van der Waals surface area contributed by atoms with Crippen LogP contribution in [0.5, 0.6) is 11.5 Å². The number of ether oxygens (including phenoxy) is 2. The molecule has 2 aromatic carbocycles. The maximum atomic E-state index is 16.3. The van der Waals surface area contributed by atoms with Gasteiger partial charge in [0.25, 0.3) is 11.8 Å². The summed E-state index contributed by atoms with van der Waals surface area (Å²) in [4.78, 5) is 0. The van der Waals surface area contributed by atoms with Crippen LogP contribution in [0.25, 0.3) is 0 Å². The number of alkyl halides is 6. The number of benzene rings is 2. The van der Waals surface area contributed by atoms with Crippen LogP contribution in [0.4, 0.5) is 17.6 Å². The van der Waals surface area contributed by atoms with Crippen molar-refractivity contribution in [1.82, 2.24) is 0 Å². The van der Waals surface area contributed by atoms with Crippen molar-refractivity contribution in [3.8, 4) is 11.5 Å². The third-order valence-corrected chi connectivity index (χ3v) is 14.4. The molecule has 0 amide bonds. The molecule has 0 aliphatic carbocycles. The molecule has 0 aromatic heterocycles. The number of halogens is 6. The van der Waals surface area contributed by atoms with Crippen LogP contribution in [0.2, 0.25) is 0 Å². The van der Waals surface area contributed by atoms with Crippen molar-refractivity contribution in [3.05, 3.63) is 59.7 Å². The van der Waals surface area contributed by atoms with E-state index in [-0.39, 0.29) is 0 Å². The summed E-state index contributed by atoms with van der Waals surface area (Å²) >= 11 is 4.88. The predicted octanol–water partition coefficient (Wildman–Crippen LogP) is 15.7. The van der Waals surface area contributed by atoms with Crippen LogP contribution in [0.3, 0.4) is 0 Å². The minimum Gasteiger partial charge on any atom is -0.497 e. The smallest absolute Gasteiger partial charge is 0.277 e. The highest BCUT2D eigenvalue weighted by atomic mass is 127. The Hall–Kier alpha value is -0.120. The van der Waals surface area contributed by atoms with Crippen LogP contribution in [-0.2, 0) is 3.63 Å². The Balaban J connectivity index is 2.16. The lowest BCUT2D eigenvalue weighted by molar-refractivity contribution is -0.00307. The van der Waals surface area contributed by atoms with E-state index in [0.29, 0.717) is 72.4 Å². The van der Waals surface area contributed by atoms with Crippen molar-refractivity contribution in [1.29, 1.82) is 0 Å². The summed E-state index contributed by atoms with van der Waals surface area (Å²) in [7, 11) is 3.05. The van der Waals surface area contributed by atoms with Gasteiger partial charge in [0, 0.05) is 24.1 Å². The highest BCUT2D eigenvalue weighted by Gasteiger charge is 2.50. The Kier molecular flexibility index (Phi) is 24.6. The molecule has 0 fully saturated rings. The van der Waals surface area contributed by atoms with Gasteiger partial charge in [-0.3, -0.25) is 0 Å². The molecule has 0 aliphatic heterocycles. The van der Waals surface area contributed by atoms with Crippen molar-refractivity contribution >= 4 is 69.3 Å². The van der Waals surface area contributed by atoms with Gasteiger partial charge in [-0.25, -0.2) is 21.2 Å². The molecule has 0 spiro atoms. The molecule has 0 aliphatic rings. The second kappa shape index (κ2) is 26.6. The molecular formula is C40H60F4I2O3S2. The van der Waals surface area contributed by atoms with Gasteiger partial charge >= 0.3 is 0 Å². The Morgan fingerprint density at radius 2 is 0.804 bits per heavy atom. The summed E-state index contributed by atoms with van der Waals surface area (Å²) in [5, 5.41) is -2.80. The summed E-state index contributed by atoms with van der Waals surface area (Å²) in [5.41, 5.74) is 0.719. The fourth-order valence-electron chi connectivity index (χ4n) is 5.97. The Morgan fingerprint density at radius 3 is 1.10 bits per heavy atom. The lowest BCUT2D eigenvalue weighted by Gasteiger charge is -2.32. The van der Waals surface area contributed by atoms with Crippen LogP contribution in [-0.4, -0.2) is 33.9 Å². The van der Waals surface area contributed by atoms with Crippen LogP contribution < -0.4 is 9.47 Å². The van der Waals surface area contributed by atoms with E-state index >= 15 is 17.6 Å². The number of rotatable bonds is 30. The van der Waals surface area contributed by atoms with E-state index in [1.807, 2.05) is 45.2 Å². The summed E-state index contributed by atoms with van der Waals surface area (Å²) in [6.45, 7) is 4.38. The average Bonchev–Trinajstić information content (AvgIpc) is 3.13. The number of methoxy groups -OCH3 is 2. The van der Waals surface area contributed by atoms with Gasteiger partial charge in [0.1, 0.15) is 22.0 Å². The van der Waals surface area contributed by atoms with Crippen LogP contribution >= 0.6 is 69.3 Å². The Morgan fingerprint density at radius 1 is 0.510 bits per heavy atom. The number of hydrogen-bond donors (Lipinski definition) is 0. The van der Waals surface area contributed by atoms with E-state index in [2.05, 4.69) is 13.8 Å². The van der Waals surface area contributed by atoms with Gasteiger partial charge in [-0.15, -0.1) is 0 Å². The molecule has 0 radical (unpaired) electrons. The second-order valence-corrected chi connectivity index (χ2v) is 18.3. The first-order valence-electron chi connectivity index (χ1n) is 18.8. The molecule has 0 saturated carbocycles. The van der Waals surface area contributed by atoms with Gasteiger partial charge < -0.3 is 9.47 Å².